The topological polar surface area (TPSA) is 40.5 Å². The molecule has 0 bridgehead atoms. The lowest BCUT2D eigenvalue weighted by Crippen LogP contribution is -2.46. The van der Waals surface area contributed by atoms with E-state index in [0.717, 1.165) is 44.2 Å². The minimum absolute atomic E-state index is 0.132. The van der Waals surface area contributed by atoms with Gasteiger partial charge < -0.3 is 5.11 Å². The Balaban J connectivity index is 2.02. The highest BCUT2D eigenvalue weighted by molar-refractivity contribution is 5.71. The van der Waals surface area contributed by atoms with Crippen molar-refractivity contribution in [2.24, 2.45) is 23.7 Å². The largest absolute Gasteiger partial charge is 0.481 e. The standard InChI is InChI=1S/C15H27NO2/c1-10(2)12-6-7-16(9-12)14-8-11(3)4-5-13(14)15(17)18/h10-14H,4-9H2,1-3H3,(H,17,18). The van der Waals surface area contributed by atoms with Crippen molar-refractivity contribution in [3.8, 4) is 0 Å². The summed E-state index contributed by atoms with van der Waals surface area (Å²) < 4.78 is 0. The quantitative estimate of drug-likeness (QED) is 0.841. The van der Waals surface area contributed by atoms with Crippen LogP contribution in [0.2, 0.25) is 0 Å². The summed E-state index contributed by atoms with van der Waals surface area (Å²) in [5.41, 5.74) is 0. The zero-order valence-corrected chi connectivity index (χ0v) is 11.9. The van der Waals surface area contributed by atoms with E-state index in [1.54, 1.807) is 0 Å². The van der Waals surface area contributed by atoms with Gasteiger partial charge in [0.1, 0.15) is 0 Å². The molecule has 1 aliphatic carbocycles. The molecule has 2 rings (SSSR count). The minimum atomic E-state index is -0.583. The van der Waals surface area contributed by atoms with E-state index < -0.39 is 5.97 Å². The summed E-state index contributed by atoms with van der Waals surface area (Å²) >= 11 is 0. The molecule has 0 aromatic heterocycles. The van der Waals surface area contributed by atoms with Gasteiger partial charge in [0, 0.05) is 12.6 Å². The predicted molar refractivity (Wildman–Crippen MR) is 72.4 cm³/mol. The SMILES string of the molecule is CC1CCC(C(=O)O)C(N2CCC(C(C)C)C2)C1. The zero-order valence-electron chi connectivity index (χ0n) is 11.9. The second-order valence-corrected chi connectivity index (χ2v) is 6.72. The van der Waals surface area contributed by atoms with Gasteiger partial charge in [-0.1, -0.05) is 20.8 Å². The molecule has 3 nitrogen and oxygen atoms in total. The van der Waals surface area contributed by atoms with Gasteiger partial charge in [-0.3, -0.25) is 9.69 Å². The predicted octanol–water partition coefficient (Wildman–Crippen LogP) is 2.85. The molecular weight excluding hydrogens is 226 g/mol. The Morgan fingerprint density at radius 2 is 2.00 bits per heavy atom. The molecule has 1 aliphatic heterocycles. The van der Waals surface area contributed by atoms with E-state index in [9.17, 15) is 9.90 Å². The van der Waals surface area contributed by atoms with E-state index >= 15 is 0 Å². The van der Waals surface area contributed by atoms with Crippen molar-refractivity contribution in [3.63, 3.8) is 0 Å². The van der Waals surface area contributed by atoms with Crippen LogP contribution in [-0.2, 0) is 4.79 Å². The summed E-state index contributed by atoms with van der Waals surface area (Å²) in [5, 5.41) is 9.40. The minimum Gasteiger partial charge on any atom is -0.481 e. The molecule has 1 heterocycles. The fourth-order valence-electron chi connectivity index (χ4n) is 3.70. The second-order valence-electron chi connectivity index (χ2n) is 6.72. The van der Waals surface area contributed by atoms with Gasteiger partial charge in [-0.25, -0.2) is 0 Å². The molecule has 0 aromatic rings. The van der Waals surface area contributed by atoms with Gasteiger partial charge in [0.25, 0.3) is 0 Å². The van der Waals surface area contributed by atoms with E-state index in [-0.39, 0.29) is 12.0 Å². The van der Waals surface area contributed by atoms with Crippen LogP contribution < -0.4 is 0 Å². The van der Waals surface area contributed by atoms with Crippen LogP contribution in [0.5, 0.6) is 0 Å². The Bertz CT molecular complexity index is 303. The van der Waals surface area contributed by atoms with Crippen LogP contribution in [0, 0.1) is 23.7 Å². The Hall–Kier alpha value is -0.570. The summed E-state index contributed by atoms with van der Waals surface area (Å²) in [6.45, 7) is 9.04. The Labute approximate surface area is 111 Å². The fraction of sp³-hybridized carbons (Fsp3) is 0.933. The van der Waals surface area contributed by atoms with Crippen LogP contribution in [0.25, 0.3) is 0 Å². The molecule has 0 aromatic carbocycles. The van der Waals surface area contributed by atoms with Crippen LogP contribution in [0.3, 0.4) is 0 Å². The molecule has 0 radical (unpaired) electrons. The van der Waals surface area contributed by atoms with Crippen molar-refractivity contribution in [1.29, 1.82) is 0 Å². The molecule has 1 saturated carbocycles. The number of carboxylic acids is 1. The first kappa shape index (κ1) is 13.9. The van der Waals surface area contributed by atoms with Gasteiger partial charge in [0.05, 0.1) is 5.92 Å². The van der Waals surface area contributed by atoms with Gasteiger partial charge in [-0.2, -0.15) is 0 Å². The third-order valence-corrected chi connectivity index (χ3v) is 5.06. The molecule has 104 valence electrons. The summed E-state index contributed by atoms with van der Waals surface area (Å²) in [6.07, 6.45) is 4.26. The van der Waals surface area contributed by atoms with Crippen molar-refractivity contribution < 1.29 is 9.90 Å². The number of hydrogen-bond acceptors (Lipinski definition) is 2. The molecule has 4 atom stereocenters. The number of likely N-dealkylation sites (tertiary alicyclic amines) is 1. The molecule has 18 heavy (non-hydrogen) atoms. The zero-order chi connectivity index (χ0) is 13.3. The Morgan fingerprint density at radius 1 is 1.28 bits per heavy atom. The van der Waals surface area contributed by atoms with Crippen LogP contribution in [0.1, 0.15) is 46.5 Å². The van der Waals surface area contributed by atoms with Gasteiger partial charge >= 0.3 is 5.97 Å². The van der Waals surface area contributed by atoms with Crippen molar-refractivity contribution >= 4 is 5.97 Å². The highest BCUT2D eigenvalue weighted by Gasteiger charge is 2.40. The van der Waals surface area contributed by atoms with Gasteiger partial charge in [-0.15, -0.1) is 0 Å². The fourth-order valence-corrected chi connectivity index (χ4v) is 3.70. The molecular formula is C15H27NO2. The van der Waals surface area contributed by atoms with Crippen LogP contribution in [-0.4, -0.2) is 35.1 Å². The van der Waals surface area contributed by atoms with Gasteiger partial charge in [0.2, 0.25) is 0 Å². The molecule has 4 unspecified atom stereocenters. The van der Waals surface area contributed by atoms with Gasteiger partial charge in [-0.05, 0) is 50.0 Å². The maximum absolute atomic E-state index is 11.4. The lowest BCUT2D eigenvalue weighted by molar-refractivity contribution is -0.146. The lowest BCUT2D eigenvalue weighted by Gasteiger charge is -2.38. The van der Waals surface area contributed by atoms with E-state index in [2.05, 4.69) is 25.7 Å². The van der Waals surface area contributed by atoms with Crippen molar-refractivity contribution in [1.82, 2.24) is 4.90 Å². The molecule has 3 heteroatoms. The highest BCUT2D eigenvalue weighted by atomic mass is 16.4. The normalized spacial score (nSPS) is 38.2. The first-order valence-electron chi connectivity index (χ1n) is 7.46. The summed E-state index contributed by atoms with van der Waals surface area (Å²) in [5.74, 6) is 1.45. The molecule has 0 amide bonds. The maximum atomic E-state index is 11.4. The van der Waals surface area contributed by atoms with Gasteiger partial charge in [0.15, 0.2) is 0 Å². The van der Waals surface area contributed by atoms with E-state index in [4.69, 9.17) is 0 Å². The molecule has 1 N–H and O–H groups in total. The van der Waals surface area contributed by atoms with Crippen molar-refractivity contribution in [3.05, 3.63) is 0 Å². The van der Waals surface area contributed by atoms with Crippen molar-refractivity contribution in [2.75, 3.05) is 13.1 Å². The first-order valence-corrected chi connectivity index (χ1v) is 7.46. The van der Waals surface area contributed by atoms with Crippen LogP contribution >= 0.6 is 0 Å². The monoisotopic (exact) mass is 253 g/mol. The maximum Gasteiger partial charge on any atom is 0.308 e. The molecule has 1 saturated heterocycles. The highest BCUT2D eigenvalue weighted by Crippen LogP contribution is 2.36. The number of aliphatic carboxylic acids is 1. The third kappa shape index (κ3) is 2.87. The second kappa shape index (κ2) is 5.60. The van der Waals surface area contributed by atoms with E-state index in [1.807, 2.05) is 0 Å². The van der Waals surface area contributed by atoms with Crippen LogP contribution in [0.4, 0.5) is 0 Å². The van der Waals surface area contributed by atoms with Crippen molar-refractivity contribution in [2.45, 2.75) is 52.5 Å². The van der Waals surface area contributed by atoms with Crippen LogP contribution in [0.15, 0.2) is 0 Å². The Morgan fingerprint density at radius 3 is 2.56 bits per heavy atom. The molecule has 0 spiro atoms. The molecule has 2 fully saturated rings. The van der Waals surface area contributed by atoms with E-state index in [1.165, 1.54) is 6.42 Å². The first-order chi connectivity index (χ1) is 8.49. The summed E-state index contributed by atoms with van der Waals surface area (Å²) in [6, 6.07) is 0.287. The number of carboxylic acid groups (broad SMARTS) is 1. The average molecular weight is 253 g/mol. The average Bonchev–Trinajstić information content (AvgIpc) is 2.77. The smallest absolute Gasteiger partial charge is 0.308 e. The Kier molecular flexibility index (Phi) is 4.31. The summed E-state index contributed by atoms with van der Waals surface area (Å²) in [4.78, 5) is 13.9. The lowest BCUT2D eigenvalue weighted by atomic mass is 9.78. The number of hydrogen-bond donors (Lipinski definition) is 1. The third-order valence-electron chi connectivity index (χ3n) is 5.06. The number of carbonyl (C=O) groups is 1. The number of nitrogens with zero attached hydrogens (tertiary/aromatic N) is 1. The van der Waals surface area contributed by atoms with E-state index in [0.29, 0.717) is 5.92 Å². The summed E-state index contributed by atoms with van der Waals surface area (Å²) in [7, 11) is 0. The number of rotatable bonds is 3. The molecule has 2 aliphatic rings.